The number of anilines is 1. The van der Waals surface area contributed by atoms with Crippen molar-refractivity contribution in [1.82, 2.24) is 15.2 Å². The first-order valence-corrected chi connectivity index (χ1v) is 7.77. The van der Waals surface area contributed by atoms with Gasteiger partial charge in [-0.25, -0.2) is 13.8 Å². The number of carbonyl (C=O) groups is 1. The number of hydrogen-bond acceptors (Lipinski definition) is 3. The fourth-order valence-electron chi connectivity index (χ4n) is 2.24. The molecule has 0 saturated heterocycles. The topological polar surface area (TPSA) is 70.7 Å². The van der Waals surface area contributed by atoms with E-state index in [-0.39, 0.29) is 29.5 Å². The monoisotopic (exact) mass is 362 g/mol. The zero-order valence-electron chi connectivity index (χ0n) is 12.9. The van der Waals surface area contributed by atoms with Gasteiger partial charge in [0.05, 0.1) is 17.1 Å². The average Bonchev–Trinajstić information content (AvgIpc) is 2.99. The van der Waals surface area contributed by atoms with E-state index in [4.69, 9.17) is 11.6 Å². The highest BCUT2D eigenvalue weighted by molar-refractivity contribution is 6.33. The third-order valence-corrected chi connectivity index (χ3v) is 3.73. The Bertz CT molecular complexity index is 913. The number of H-pyrrole nitrogens is 1. The highest BCUT2D eigenvalue weighted by atomic mass is 35.5. The second-order valence-corrected chi connectivity index (χ2v) is 5.72. The van der Waals surface area contributed by atoms with Crippen molar-refractivity contribution in [3.05, 3.63) is 76.3 Å². The molecule has 0 radical (unpaired) electrons. The molecule has 3 aromatic rings. The van der Waals surface area contributed by atoms with Crippen molar-refractivity contribution in [2.75, 3.05) is 5.32 Å². The standard InChI is InChI=1S/C17H13ClF2N4O/c18-12-8-11(19)5-6-14(12)21-17(25)9-16-22-15(23-24-16)7-10-3-1-2-4-13(10)20/h1-6,8H,7,9H2,(H,21,25)(H,22,23,24). The van der Waals surface area contributed by atoms with Gasteiger partial charge < -0.3 is 5.32 Å². The van der Waals surface area contributed by atoms with E-state index in [1.807, 2.05) is 0 Å². The smallest absolute Gasteiger partial charge is 0.232 e. The molecule has 2 aromatic carbocycles. The molecule has 2 N–H and O–H groups in total. The molecule has 0 aliphatic rings. The molecule has 0 bridgehead atoms. The third kappa shape index (κ3) is 4.39. The van der Waals surface area contributed by atoms with Gasteiger partial charge in [-0.05, 0) is 29.8 Å². The van der Waals surface area contributed by atoms with Crippen LogP contribution in [-0.4, -0.2) is 21.1 Å². The summed E-state index contributed by atoms with van der Waals surface area (Å²) >= 11 is 5.86. The van der Waals surface area contributed by atoms with Gasteiger partial charge in [0.25, 0.3) is 0 Å². The molecule has 1 heterocycles. The quantitative estimate of drug-likeness (QED) is 0.729. The largest absolute Gasteiger partial charge is 0.324 e. The van der Waals surface area contributed by atoms with Crippen molar-refractivity contribution < 1.29 is 13.6 Å². The van der Waals surface area contributed by atoms with E-state index in [0.717, 1.165) is 6.07 Å². The maximum Gasteiger partial charge on any atom is 0.232 e. The molecule has 0 spiro atoms. The second kappa shape index (κ2) is 7.40. The number of aromatic amines is 1. The Kier molecular flexibility index (Phi) is 5.04. The van der Waals surface area contributed by atoms with Crippen LogP contribution in [0.25, 0.3) is 0 Å². The van der Waals surface area contributed by atoms with Crippen molar-refractivity contribution in [2.45, 2.75) is 12.8 Å². The van der Waals surface area contributed by atoms with Crippen molar-refractivity contribution in [2.24, 2.45) is 0 Å². The highest BCUT2D eigenvalue weighted by Gasteiger charge is 2.12. The molecule has 1 aromatic heterocycles. The first-order chi connectivity index (χ1) is 12.0. The van der Waals surface area contributed by atoms with E-state index < -0.39 is 11.7 Å². The summed E-state index contributed by atoms with van der Waals surface area (Å²) in [5.41, 5.74) is 0.780. The lowest BCUT2D eigenvalue weighted by molar-refractivity contribution is -0.115. The number of hydrogen-bond donors (Lipinski definition) is 2. The Balaban J connectivity index is 1.63. The van der Waals surface area contributed by atoms with E-state index in [1.165, 1.54) is 18.2 Å². The predicted octanol–water partition coefficient (Wildman–Crippen LogP) is 3.51. The van der Waals surface area contributed by atoms with Crippen LogP contribution in [0.2, 0.25) is 5.02 Å². The summed E-state index contributed by atoms with van der Waals surface area (Å²) in [6, 6.07) is 10.0. The van der Waals surface area contributed by atoms with Gasteiger partial charge in [0.2, 0.25) is 5.91 Å². The lowest BCUT2D eigenvalue weighted by atomic mass is 10.1. The minimum absolute atomic E-state index is 0.0958. The van der Waals surface area contributed by atoms with Crippen LogP contribution in [0.4, 0.5) is 14.5 Å². The molecular formula is C17H13ClF2N4O. The minimum atomic E-state index is -0.491. The highest BCUT2D eigenvalue weighted by Crippen LogP contribution is 2.22. The molecule has 0 aliphatic carbocycles. The lowest BCUT2D eigenvalue weighted by Crippen LogP contribution is -2.15. The molecule has 3 rings (SSSR count). The molecule has 25 heavy (non-hydrogen) atoms. The van der Waals surface area contributed by atoms with Crippen LogP contribution in [0.1, 0.15) is 17.2 Å². The van der Waals surface area contributed by atoms with Crippen LogP contribution < -0.4 is 5.32 Å². The first kappa shape index (κ1) is 17.0. The van der Waals surface area contributed by atoms with Gasteiger partial charge in [-0.1, -0.05) is 29.8 Å². The molecular weight excluding hydrogens is 350 g/mol. The van der Waals surface area contributed by atoms with Gasteiger partial charge in [-0.2, -0.15) is 5.10 Å². The van der Waals surface area contributed by atoms with Crippen molar-refractivity contribution >= 4 is 23.2 Å². The van der Waals surface area contributed by atoms with Crippen LogP contribution in [0.5, 0.6) is 0 Å². The molecule has 0 unspecified atom stereocenters. The van der Waals surface area contributed by atoms with E-state index in [0.29, 0.717) is 17.1 Å². The summed E-state index contributed by atoms with van der Waals surface area (Å²) in [6.07, 6.45) is 0.145. The molecule has 0 saturated carbocycles. The summed E-state index contributed by atoms with van der Waals surface area (Å²) in [7, 11) is 0. The van der Waals surface area contributed by atoms with E-state index in [1.54, 1.807) is 18.2 Å². The Hall–Kier alpha value is -2.80. The minimum Gasteiger partial charge on any atom is -0.324 e. The fraction of sp³-hybridized carbons (Fsp3) is 0.118. The number of aromatic nitrogens is 3. The van der Waals surface area contributed by atoms with Crippen LogP contribution >= 0.6 is 11.6 Å². The number of halogens is 3. The molecule has 1 amide bonds. The number of benzene rings is 2. The fourth-order valence-corrected chi connectivity index (χ4v) is 2.46. The van der Waals surface area contributed by atoms with Crippen molar-refractivity contribution in [1.29, 1.82) is 0 Å². The zero-order valence-corrected chi connectivity index (χ0v) is 13.6. The van der Waals surface area contributed by atoms with Crippen LogP contribution in [-0.2, 0) is 17.6 Å². The summed E-state index contributed by atoms with van der Waals surface area (Å²) in [5, 5.41) is 9.30. The molecule has 0 atom stereocenters. The van der Waals surface area contributed by atoms with Gasteiger partial charge in [0, 0.05) is 6.42 Å². The van der Waals surface area contributed by atoms with Crippen LogP contribution in [0, 0.1) is 11.6 Å². The van der Waals surface area contributed by atoms with Gasteiger partial charge >= 0.3 is 0 Å². The zero-order chi connectivity index (χ0) is 17.8. The number of amides is 1. The van der Waals surface area contributed by atoms with E-state index in [2.05, 4.69) is 20.5 Å². The van der Waals surface area contributed by atoms with Gasteiger partial charge in [0.15, 0.2) is 5.82 Å². The van der Waals surface area contributed by atoms with Crippen molar-refractivity contribution in [3.63, 3.8) is 0 Å². The summed E-state index contributed by atoms with van der Waals surface area (Å²) in [6.45, 7) is 0. The molecule has 0 aliphatic heterocycles. The van der Waals surface area contributed by atoms with E-state index in [9.17, 15) is 13.6 Å². The van der Waals surface area contributed by atoms with Gasteiger partial charge in [-0.15, -0.1) is 0 Å². The van der Waals surface area contributed by atoms with Crippen LogP contribution in [0.15, 0.2) is 42.5 Å². The maximum absolute atomic E-state index is 13.6. The molecule has 128 valence electrons. The van der Waals surface area contributed by atoms with Gasteiger partial charge in [0.1, 0.15) is 17.5 Å². The number of nitrogens with zero attached hydrogens (tertiary/aromatic N) is 2. The SMILES string of the molecule is O=C(Cc1n[nH]c(Cc2ccccc2F)n1)Nc1ccc(F)cc1Cl. The Morgan fingerprint density at radius 2 is 2.00 bits per heavy atom. The summed E-state index contributed by atoms with van der Waals surface area (Å²) < 4.78 is 26.6. The number of carbonyl (C=O) groups excluding carboxylic acids is 1. The Labute approximate surface area is 147 Å². The maximum atomic E-state index is 13.6. The summed E-state index contributed by atoms with van der Waals surface area (Å²) in [4.78, 5) is 16.2. The summed E-state index contributed by atoms with van der Waals surface area (Å²) in [5.74, 6) is -0.501. The lowest BCUT2D eigenvalue weighted by Gasteiger charge is -2.05. The first-order valence-electron chi connectivity index (χ1n) is 7.40. The average molecular weight is 363 g/mol. The van der Waals surface area contributed by atoms with Crippen LogP contribution in [0.3, 0.4) is 0 Å². The number of nitrogens with one attached hydrogen (secondary N) is 2. The predicted molar refractivity (Wildman–Crippen MR) is 89.3 cm³/mol. The number of rotatable bonds is 5. The Morgan fingerprint density at radius 3 is 2.76 bits per heavy atom. The molecule has 5 nitrogen and oxygen atoms in total. The third-order valence-electron chi connectivity index (χ3n) is 3.42. The molecule has 0 fully saturated rings. The molecule has 8 heteroatoms. The second-order valence-electron chi connectivity index (χ2n) is 5.32. The normalized spacial score (nSPS) is 10.7. The van der Waals surface area contributed by atoms with E-state index >= 15 is 0 Å². The Morgan fingerprint density at radius 1 is 1.20 bits per heavy atom. The van der Waals surface area contributed by atoms with Crippen molar-refractivity contribution in [3.8, 4) is 0 Å². The van der Waals surface area contributed by atoms with Gasteiger partial charge in [-0.3, -0.25) is 9.89 Å².